The number of hydrogen-bond donors (Lipinski definition) is 1. The molecule has 0 aliphatic carbocycles. The normalized spacial score (nSPS) is 10.7. The van der Waals surface area contributed by atoms with Gasteiger partial charge in [0.2, 0.25) is 0 Å². The molecule has 3 nitrogen and oxygen atoms in total. The quantitative estimate of drug-likeness (QED) is 0.640. The molecule has 0 spiro atoms. The van der Waals surface area contributed by atoms with Crippen LogP contribution in [0.1, 0.15) is 30.9 Å². The highest BCUT2D eigenvalue weighted by atomic mass is 16.5. The van der Waals surface area contributed by atoms with E-state index in [1.54, 1.807) is 0 Å². The molecule has 21 heavy (non-hydrogen) atoms. The highest BCUT2D eigenvalue weighted by Gasteiger charge is 2.08. The van der Waals surface area contributed by atoms with E-state index < -0.39 is 0 Å². The number of nitrogens with two attached hydrogens (primary N) is 1. The van der Waals surface area contributed by atoms with Gasteiger partial charge in [-0.15, -0.1) is 0 Å². The van der Waals surface area contributed by atoms with Gasteiger partial charge in [0.15, 0.2) is 0 Å². The highest BCUT2D eigenvalue weighted by molar-refractivity contribution is 5.51. The van der Waals surface area contributed by atoms with Crippen molar-refractivity contribution in [2.24, 2.45) is 0 Å². The van der Waals surface area contributed by atoms with Crippen LogP contribution in [-0.2, 0) is 0 Å². The summed E-state index contributed by atoms with van der Waals surface area (Å²) < 4.78 is 11.5. The largest absolute Gasteiger partial charge is 0.490 e. The molecule has 0 amide bonds. The van der Waals surface area contributed by atoms with E-state index in [9.17, 15) is 0 Å². The van der Waals surface area contributed by atoms with Gasteiger partial charge < -0.3 is 15.2 Å². The van der Waals surface area contributed by atoms with Crippen molar-refractivity contribution in [2.75, 3.05) is 18.9 Å². The Morgan fingerprint density at radius 2 is 1.62 bits per heavy atom. The molecule has 0 saturated heterocycles. The molecule has 3 heteroatoms. The summed E-state index contributed by atoms with van der Waals surface area (Å²) in [5.74, 6) is 2.08. The van der Waals surface area contributed by atoms with Gasteiger partial charge in [-0.3, -0.25) is 0 Å². The number of aryl methyl sites for hydroxylation is 1. The first-order chi connectivity index (χ1) is 10.1. The van der Waals surface area contributed by atoms with E-state index in [1.165, 1.54) is 11.1 Å². The van der Waals surface area contributed by atoms with Crippen LogP contribution in [0.3, 0.4) is 0 Å². The van der Waals surface area contributed by atoms with Crippen molar-refractivity contribution in [2.45, 2.75) is 26.7 Å². The summed E-state index contributed by atoms with van der Waals surface area (Å²) in [6.07, 6.45) is 0. The number of para-hydroxylation sites is 2. The fourth-order valence-corrected chi connectivity index (χ4v) is 2.16. The molecule has 0 aliphatic heterocycles. The minimum absolute atomic E-state index is 0.436. The molecule has 2 aromatic rings. The van der Waals surface area contributed by atoms with Gasteiger partial charge in [-0.25, -0.2) is 0 Å². The minimum Gasteiger partial charge on any atom is -0.490 e. The molecule has 0 aromatic heterocycles. The third kappa shape index (κ3) is 4.15. The molecular weight excluding hydrogens is 262 g/mol. The van der Waals surface area contributed by atoms with Crippen LogP contribution in [0.2, 0.25) is 0 Å². The van der Waals surface area contributed by atoms with E-state index in [0.29, 0.717) is 30.6 Å². The van der Waals surface area contributed by atoms with E-state index in [-0.39, 0.29) is 0 Å². The van der Waals surface area contributed by atoms with Crippen molar-refractivity contribution in [3.63, 3.8) is 0 Å². The Balaban J connectivity index is 1.92. The number of hydrogen-bond acceptors (Lipinski definition) is 3. The Labute approximate surface area is 126 Å². The van der Waals surface area contributed by atoms with Crippen LogP contribution in [0.15, 0.2) is 42.5 Å². The Kier molecular flexibility index (Phi) is 5.09. The van der Waals surface area contributed by atoms with E-state index in [2.05, 4.69) is 39.0 Å². The zero-order chi connectivity index (χ0) is 15.2. The van der Waals surface area contributed by atoms with Crippen LogP contribution >= 0.6 is 0 Å². The number of anilines is 1. The summed E-state index contributed by atoms with van der Waals surface area (Å²) in [6.45, 7) is 7.37. The topological polar surface area (TPSA) is 44.5 Å². The van der Waals surface area contributed by atoms with Crippen molar-refractivity contribution >= 4 is 5.69 Å². The van der Waals surface area contributed by atoms with Gasteiger partial charge in [-0.1, -0.05) is 38.1 Å². The van der Waals surface area contributed by atoms with Gasteiger partial charge in [0.05, 0.1) is 5.69 Å². The second-order valence-electron chi connectivity index (χ2n) is 5.43. The van der Waals surface area contributed by atoms with Crippen LogP contribution in [0, 0.1) is 6.92 Å². The van der Waals surface area contributed by atoms with Crippen molar-refractivity contribution < 1.29 is 9.47 Å². The fourth-order valence-electron chi connectivity index (χ4n) is 2.16. The van der Waals surface area contributed by atoms with Crippen LogP contribution in [0.5, 0.6) is 11.5 Å². The molecular formula is C18H23NO2. The zero-order valence-electron chi connectivity index (χ0n) is 12.9. The molecule has 0 saturated carbocycles. The average molecular weight is 285 g/mol. The van der Waals surface area contributed by atoms with Crippen LogP contribution < -0.4 is 15.2 Å². The van der Waals surface area contributed by atoms with E-state index in [1.807, 2.05) is 24.3 Å². The standard InChI is InChI=1S/C18H23NO2/c1-13(2)15-9-8-14(3)12-18(15)21-11-10-20-17-7-5-4-6-16(17)19/h4-9,12-13H,10-11,19H2,1-3H3. The maximum atomic E-state index is 5.88. The second-order valence-corrected chi connectivity index (χ2v) is 5.43. The molecule has 0 fully saturated rings. The minimum atomic E-state index is 0.436. The molecule has 0 heterocycles. The Bertz CT molecular complexity index is 594. The third-order valence-electron chi connectivity index (χ3n) is 3.31. The molecule has 0 bridgehead atoms. The van der Waals surface area contributed by atoms with Crippen LogP contribution in [0.25, 0.3) is 0 Å². The van der Waals surface area contributed by atoms with Crippen molar-refractivity contribution in [1.82, 2.24) is 0 Å². The Hall–Kier alpha value is -2.16. The summed E-state index contributed by atoms with van der Waals surface area (Å²) in [4.78, 5) is 0. The zero-order valence-corrected chi connectivity index (χ0v) is 12.9. The summed E-state index contributed by atoms with van der Waals surface area (Å²) in [6, 6.07) is 13.8. The van der Waals surface area contributed by atoms with Gasteiger partial charge >= 0.3 is 0 Å². The van der Waals surface area contributed by atoms with E-state index in [4.69, 9.17) is 15.2 Å². The smallest absolute Gasteiger partial charge is 0.142 e. The first kappa shape index (κ1) is 15.2. The number of benzene rings is 2. The van der Waals surface area contributed by atoms with Crippen molar-refractivity contribution in [1.29, 1.82) is 0 Å². The maximum Gasteiger partial charge on any atom is 0.142 e. The third-order valence-corrected chi connectivity index (χ3v) is 3.31. The van der Waals surface area contributed by atoms with Crippen molar-refractivity contribution in [3.8, 4) is 11.5 Å². The summed E-state index contributed by atoms with van der Waals surface area (Å²) in [7, 11) is 0. The van der Waals surface area contributed by atoms with Crippen LogP contribution in [0.4, 0.5) is 5.69 Å². The number of ether oxygens (including phenoxy) is 2. The first-order valence-corrected chi connectivity index (χ1v) is 7.28. The Morgan fingerprint density at radius 1 is 0.952 bits per heavy atom. The number of rotatable bonds is 6. The lowest BCUT2D eigenvalue weighted by Crippen LogP contribution is -2.11. The SMILES string of the molecule is Cc1ccc(C(C)C)c(OCCOc2ccccc2N)c1. The molecule has 0 atom stereocenters. The predicted octanol–water partition coefficient (Wildman–Crippen LogP) is 4.16. The maximum absolute atomic E-state index is 5.88. The van der Waals surface area contributed by atoms with Gasteiger partial charge in [-0.05, 0) is 42.2 Å². The Morgan fingerprint density at radius 3 is 2.29 bits per heavy atom. The molecule has 112 valence electrons. The van der Waals surface area contributed by atoms with Gasteiger partial charge in [0.1, 0.15) is 24.7 Å². The van der Waals surface area contributed by atoms with Crippen LogP contribution in [-0.4, -0.2) is 13.2 Å². The molecule has 2 aromatic carbocycles. The summed E-state index contributed by atoms with van der Waals surface area (Å²) in [5, 5.41) is 0. The lowest BCUT2D eigenvalue weighted by atomic mass is 10.0. The number of nitrogen functional groups attached to an aromatic ring is 1. The van der Waals surface area contributed by atoms with E-state index in [0.717, 1.165) is 5.75 Å². The van der Waals surface area contributed by atoms with E-state index >= 15 is 0 Å². The molecule has 0 unspecified atom stereocenters. The molecule has 2 rings (SSSR count). The molecule has 0 radical (unpaired) electrons. The fraction of sp³-hybridized carbons (Fsp3) is 0.333. The first-order valence-electron chi connectivity index (χ1n) is 7.28. The summed E-state index contributed by atoms with van der Waals surface area (Å²) >= 11 is 0. The predicted molar refractivity (Wildman–Crippen MR) is 87.1 cm³/mol. The van der Waals surface area contributed by atoms with Gasteiger partial charge in [-0.2, -0.15) is 0 Å². The van der Waals surface area contributed by atoms with Gasteiger partial charge in [0, 0.05) is 0 Å². The summed E-state index contributed by atoms with van der Waals surface area (Å²) in [5.41, 5.74) is 8.90. The van der Waals surface area contributed by atoms with Crippen molar-refractivity contribution in [3.05, 3.63) is 53.6 Å². The highest BCUT2D eigenvalue weighted by Crippen LogP contribution is 2.27. The molecule has 0 aliphatic rings. The second kappa shape index (κ2) is 7.02. The molecule has 2 N–H and O–H groups in total. The van der Waals surface area contributed by atoms with Gasteiger partial charge in [0.25, 0.3) is 0 Å². The average Bonchev–Trinajstić information content (AvgIpc) is 2.45. The monoisotopic (exact) mass is 285 g/mol. The lowest BCUT2D eigenvalue weighted by Gasteiger charge is -2.15. The lowest BCUT2D eigenvalue weighted by molar-refractivity contribution is 0.216.